The molecule has 4 rings (SSSR count). The van der Waals surface area contributed by atoms with Gasteiger partial charge in [0.2, 0.25) is 0 Å². The molecule has 3 aromatic carbocycles. The van der Waals surface area contributed by atoms with Gasteiger partial charge in [0.05, 0.1) is 26.4 Å². The predicted octanol–water partition coefficient (Wildman–Crippen LogP) is 4.02. The van der Waals surface area contributed by atoms with Crippen LogP contribution in [0.1, 0.15) is 23.6 Å². The van der Waals surface area contributed by atoms with E-state index in [0.29, 0.717) is 6.61 Å². The number of carbonyl (C=O) groups is 1. The summed E-state index contributed by atoms with van der Waals surface area (Å²) in [4.78, 5) is 11.9. The van der Waals surface area contributed by atoms with E-state index in [2.05, 4.69) is 0 Å². The highest BCUT2D eigenvalue weighted by atomic mass is 16.7. The lowest BCUT2D eigenvalue weighted by atomic mass is 9.98. The highest BCUT2D eigenvalue weighted by Gasteiger charge is 2.48. The lowest BCUT2D eigenvalue weighted by molar-refractivity contribution is -0.316. The van der Waals surface area contributed by atoms with Crippen LogP contribution in [0.5, 0.6) is 0 Å². The van der Waals surface area contributed by atoms with Crippen molar-refractivity contribution in [1.29, 1.82) is 0 Å². The van der Waals surface area contributed by atoms with Crippen LogP contribution in [-0.4, -0.2) is 48.4 Å². The average Bonchev–Trinajstić information content (AvgIpc) is 2.90. The smallest absolute Gasteiger partial charge is 0.303 e. The minimum atomic E-state index is -1.18. The number of ether oxygens (including phenoxy) is 5. The largest absolute Gasteiger partial charge is 0.454 e. The summed E-state index contributed by atoms with van der Waals surface area (Å²) in [6, 6.07) is 29.0. The Labute approximate surface area is 211 Å². The predicted molar refractivity (Wildman–Crippen MR) is 133 cm³/mol. The van der Waals surface area contributed by atoms with Crippen LogP contribution in [0.3, 0.4) is 0 Å². The minimum absolute atomic E-state index is 0.156. The number of aliphatic hydroxyl groups is 1. The van der Waals surface area contributed by atoms with Gasteiger partial charge in [0.25, 0.3) is 0 Å². The number of hydrogen-bond acceptors (Lipinski definition) is 7. The van der Waals surface area contributed by atoms with Crippen LogP contribution in [0.4, 0.5) is 0 Å². The van der Waals surface area contributed by atoms with Crippen LogP contribution in [0.2, 0.25) is 0 Å². The number of carbonyl (C=O) groups excluding carboxylic acids is 1. The second-order valence-electron chi connectivity index (χ2n) is 8.67. The van der Waals surface area contributed by atoms with E-state index in [1.165, 1.54) is 6.92 Å². The van der Waals surface area contributed by atoms with Crippen molar-refractivity contribution in [3.05, 3.63) is 108 Å². The van der Waals surface area contributed by atoms with Crippen LogP contribution in [0, 0.1) is 0 Å². The summed E-state index contributed by atoms with van der Waals surface area (Å²) in [5.74, 6) is -0.545. The molecule has 0 radical (unpaired) electrons. The lowest BCUT2D eigenvalue weighted by Gasteiger charge is -2.43. The van der Waals surface area contributed by atoms with Crippen molar-refractivity contribution < 1.29 is 33.6 Å². The molecule has 0 amide bonds. The maximum absolute atomic E-state index is 11.9. The average molecular weight is 493 g/mol. The molecule has 0 aromatic heterocycles. The molecule has 1 fully saturated rings. The molecule has 1 aliphatic heterocycles. The van der Waals surface area contributed by atoms with Crippen molar-refractivity contribution >= 4 is 5.97 Å². The van der Waals surface area contributed by atoms with E-state index in [-0.39, 0.29) is 19.8 Å². The van der Waals surface area contributed by atoms with Crippen molar-refractivity contribution in [1.82, 2.24) is 0 Å². The van der Waals surface area contributed by atoms with Crippen LogP contribution in [-0.2, 0) is 48.3 Å². The number of benzene rings is 3. The third-order valence-electron chi connectivity index (χ3n) is 5.85. The zero-order valence-electron chi connectivity index (χ0n) is 20.3. The molecule has 3 aromatic rings. The van der Waals surface area contributed by atoms with Gasteiger partial charge in [-0.1, -0.05) is 91.0 Å². The highest BCUT2D eigenvalue weighted by Crippen LogP contribution is 2.29. The number of rotatable bonds is 11. The third-order valence-corrected chi connectivity index (χ3v) is 5.85. The Hall–Kier alpha value is -3.07. The maximum Gasteiger partial charge on any atom is 0.303 e. The number of hydrogen-bond donors (Lipinski definition) is 1. The summed E-state index contributed by atoms with van der Waals surface area (Å²) in [5, 5.41) is 11.3. The Kier molecular flexibility index (Phi) is 9.61. The second kappa shape index (κ2) is 13.3. The van der Waals surface area contributed by atoms with Gasteiger partial charge in [0.1, 0.15) is 18.3 Å². The maximum atomic E-state index is 11.9. The number of aliphatic hydroxyl groups excluding tert-OH is 1. The summed E-state index contributed by atoms with van der Waals surface area (Å²) in [6.45, 7) is 2.30. The van der Waals surface area contributed by atoms with Crippen molar-refractivity contribution in [2.24, 2.45) is 0 Å². The fourth-order valence-electron chi connectivity index (χ4n) is 4.07. The molecule has 7 nitrogen and oxygen atoms in total. The van der Waals surface area contributed by atoms with Crippen molar-refractivity contribution in [2.75, 3.05) is 6.61 Å². The second-order valence-corrected chi connectivity index (χ2v) is 8.67. The summed E-state index contributed by atoms with van der Waals surface area (Å²) in [5.41, 5.74) is 2.89. The highest BCUT2D eigenvalue weighted by molar-refractivity contribution is 5.66. The molecule has 0 bridgehead atoms. The van der Waals surface area contributed by atoms with E-state index in [1.54, 1.807) is 0 Å². The van der Waals surface area contributed by atoms with Gasteiger partial charge < -0.3 is 28.8 Å². The van der Waals surface area contributed by atoms with E-state index < -0.39 is 36.7 Å². The Morgan fingerprint density at radius 3 is 1.78 bits per heavy atom. The van der Waals surface area contributed by atoms with Crippen molar-refractivity contribution in [3.63, 3.8) is 0 Å². The molecule has 36 heavy (non-hydrogen) atoms. The number of esters is 1. The van der Waals surface area contributed by atoms with Gasteiger partial charge in [0, 0.05) is 6.92 Å². The normalized spacial score (nSPS) is 23.8. The molecule has 1 heterocycles. The third kappa shape index (κ3) is 7.46. The molecule has 0 spiro atoms. The molecule has 1 N–H and O–H groups in total. The first-order valence-electron chi connectivity index (χ1n) is 12.0. The van der Waals surface area contributed by atoms with Crippen molar-refractivity contribution in [2.45, 2.75) is 57.5 Å². The molecule has 1 saturated heterocycles. The summed E-state index contributed by atoms with van der Waals surface area (Å²) in [6.07, 6.45) is -4.69. The van der Waals surface area contributed by atoms with Gasteiger partial charge in [-0.25, -0.2) is 0 Å². The topological polar surface area (TPSA) is 83.5 Å². The van der Waals surface area contributed by atoms with Gasteiger partial charge in [-0.05, 0) is 16.7 Å². The summed E-state index contributed by atoms with van der Waals surface area (Å²) in [7, 11) is 0. The zero-order chi connectivity index (χ0) is 25.2. The van der Waals surface area contributed by atoms with E-state index in [4.69, 9.17) is 23.7 Å². The van der Waals surface area contributed by atoms with Gasteiger partial charge in [-0.15, -0.1) is 0 Å². The van der Waals surface area contributed by atoms with E-state index in [1.807, 2.05) is 91.0 Å². The van der Waals surface area contributed by atoms with Gasteiger partial charge >= 0.3 is 5.97 Å². The zero-order valence-corrected chi connectivity index (χ0v) is 20.3. The minimum Gasteiger partial charge on any atom is -0.454 e. The molecule has 5 atom stereocenters. The fourth-order valence-corrected chi connectivity index (χ4v) is 4.07. The van der Waals surface area contributed by atoms with Gasteiger partial charge in [-0.3, -0.25) is 4.79 Å². The quantitative estimate of drug-likeness (QED) is 0.405. The van der Waals surface area contributed by atoms with Crippen LogP contribution in [0.25, 0.3) is 0 Å². The Morgan fingerprint density at radius 1 is 0.750 bits per heavy atom. The molecular weight excluding hydrogens is 460 g/mol. The van der Waals surface area contributed by atoms with Crippen molar-refractivity contribution in [3.8, 4) is 0 Å². The first kappa shape index (κ1) is 26.0. The Morgan fingerprint density at radius 2 is 1.25 bits per heavy atom. The standard InChI is InChI=1S/C29H32O7/c1-21(30)35-28-26(31)27(33-18-23-13-7-3-8-14-23)25(20-32-17-22-11-5-2-6-12-22)36-29(28)34-19-24-15-9-4-10-16-24/h2-16,25-29,31H,17-20H2,1H3/t25?,26?,27-,28?,29-/m1/s1. The Bertz CT molecular complexity index is 1040. The van der Waals surface area contributed by atoms with E-state index in [9.17, 15) is 9.90 Å². The van der Waals surface area contributed by atoms with Gasteiger partial charge in [0.15, 0.2) is 12.4 Å². The van der Waals surface area contributed by atoms with Crippen LogP contribution < -0.4 is 0 Å². The SMILES string of the molecule is CC(=O)OC1C(O)[C@H](OCc2ccccc2)C(COCc2ccccc2)O[C@H]1OCc1ccccc1. The summed E-state index contributed by atoms with van der Waals surface area (Å²) >= 11 is 0. The molecular formula is C29H32O7. The molecule has 0 saturated carbocycles. The molecule has 1 aliphatic rings. The first-order chi connectivity index (χ1) is 17.6. The monoisotopic (exact) mass is 492 g/mol. The lowest BCUT2D eigenvalue weighted by Crippen LogP contribution is -2.61. The first-order valence-corrected chi connectivity index (χ1v) is 12.0. The molecule has 0 aliphatic carbocycles. The van der Waals surface area contributed by atoms with E-state index in [0.717, 1.165) is 16.7 Å². The van der Waals surface area contributed by atoms with Crippen LogP contribution >= 0.6 is 0 Å². The molecule has 3 unspecified atom stereocenters. The Balaban J connectivity index is 1.49. The van der Waals surface area contributed by atoms with Crippen LogP contribution in [0.15, 0.2) is 91.0 Å². The van der Waals surface area contributed by atoms with Gasteiger partial charge in [-0.2, -0.15) is 0 Å². The van der Waals surface area contributed by atoms with E-state index >= 15 is 0 Å². The molecule has 190 valence electrons. The molecule has 7 heteroatoms. The fraction of sp³-hybridized carbons (Fsp3) is 0.345. The summed E-state index contributed by atoms with van der Waals surface area (Å²) < 4.78 is 29.7.